The summed E-state index contributed by atoms with van der Waals surface area (Å²) in [4.78, 5) is 7.80. The predicted octanol–water partition coefficient (Wildman–Crippen LogP) is 1.94. The summed E-state index contributed by atoms with van der Waals surface area (Å²) in [5, 5.41) is 3.52. The highest BCUT2D eigenvalue weighted by atomic mass is 35.5. The standard InChI is InChI=1S/C10H17ClN4O/c1-16-6-4-2-3-5-13-10-8(11)9(12)14-7-15-10/h7H,2-6H2,1H3,(H3,12,13,14,15). The molecule has 0 aliphatic rings. The molecular weight excluding hydrogens is 228 g/mol. The third-order valence-corrected chi connectivity index (χ3v) is 2.51. The lowest BCUT2D eigenvalue weighted by Crippen LogP contribution is -2.06. The number of halogens is 1. The van der Waals surface area contributed by atoms with Gasteiger partial charge < -0.3 is 15.8 Å². The number of aromatic nitrogens is 2. The number of unbranched alkanes of at least 4 members (excludes halogenated alkanes) is 2. The molecule has 0 bridgehead atoms. The smallest absolute Gasteiger partial charge is 0.150 e. The van der Waals surface area contributed by atoms with Crippen molar-refractivity contribution >= 4 is 23.2 Å². The molecule has 0 aliphatic heterocycles. The van der Waals surface area contributed by atoms with Gasteiger partial charge in [0.25, 0.3) is 0 Å². The van der Waals surface area contributed by atoms with Crippen LogP contribution in [0, 0.1) is 0 Å². The van der Waals surface area contributed by atoms with Crippen molar-refractivity contribution in [3.8, 4) is 0 Å². The summed E-state index contributed by atoms with van der Waals surface area (Å²) < 4.78 is 4.96. The van der Waals surface area contributed by atoms with Crippen molar-refractivity contribution in [1.82, 2.24) is 9.97 Å². The molecule has 0 unspecified atom stereocenters. The topological polar surface area (TPSA) is 73.1 Å². The van der Waals surface area contributed by atoms with E-state index in [-0.39, 0.29) is 0 Å². The normalized spacial score (nSPS) is 10.4. The molecule has 0 saturated heterocycles. The summed E-state index contributed by atoms with van der Waals surface area (Å²) >= 11 is 5.92. The molecule has 0 aromatic carbocycles. The fourth-order valence-corrected chi connectivity index (χ4v) is 1.43. The molecule has 16 heavy (non-hydrogen) atoms. The van der Waals surface area contributed by atoms with E-state index in [0.717, 1.165) is 32.4 Å². The molecule has 1 aromatic rings. The van der Waals surface area contributed by atoms with Gasteiger partial charge in [-0.15, -0.1) is 0 Å². The zero-order valence-corrected chi connectivity index (χ0v) is 10.1. The van der Waals surface area contributed by atoms with Crippen LogP contribution < -0.4 is 11.1 Å². The third kappa shape index (κ3) is 4.20. The van der Waals surface area contributed by atoms with Gasteiger partial charge in [0, 0.05) is 20.3 Å². The highest BCUT2D eigenvalue weighted by molar-refractivity contribution is 6.35. The quantitative estimate of drug-likeness (QED) is 0.717. The molecule has 1 aromatic heterocycles. The van der Waals surface area contributed by atoms with Gasteiger partial charge in [0.2, 0.25) is 0 Å². The Morgan fingerprint density at radius 2 is 2.19 bits per heavy atom. The van der Waals surface area contributed by atoms with Gasteiger partial charge in [-0.25, -0.2) is 9.97 Å². The number of ether oxygens (including phenoxy) is 1. The van der Waals surface area contributed by atoms with Crippen LogP contribution in [0.25, 0.3) is 0 Å². The van der Waals surface area contributed by atoms with Crippen LogP contribution in [0.3, 0.4) is 0 Å². The minimum atomic E-state index is 0.304. The van der Waals surface area contributed by atoms with E-state index in [1.807, 2.05) is 0 Å². The molecule has 6 heteroatoms. The van der Waals surface area contributed by atoms with Gasteiger partial charge in [-0.05, 0) is 19.3 Å². The highest BCUT2D eigenvalue weighted by Gasteiger charge is 2.04. The van der Waals surface area contributed by atoms with Gasteiger partial charge in [-0.2, -0.15) is 0 Å². The van der Waals surface area contributed by atoms with Crippen LogP contribution in [0.15, 0.2) is 6.33 Å². The van der Waals surface area contributed by atoms with Crippen molar-refractivity contribution in [2.45, 2.75) is 19.3 Å². The maximum Gasteiger partial charge on any atom is 0.150 e. The van der Waals surface area contributed by atoms with Gasteiger partial charge in [0.1, 0.15) is 23.0 Å². The second kappa shape index (κ2) is 7.24. The number of nitrogens with one attached hydrogen (secondary N) is 1. The van der Waals surface area contributed by atoms with Gasteiger partial charge in [0.15, 0.2) is 0 Å². The fourth-order valence-electron chi connectivity index (χ4n) is 1.26. The fraction of sp³-hybridized carbons (Fsp3) is 0.600. The first-order chi connectivity index (χ1) is 7.75. The lowest BCUT2D eigenvalue weighted by Gasteiger charge is -2.07. The van der Waals surface area contributed by atoms with Crippen LogP contribution in [0.2, 0.25) is 5.02 Å². The Labute approximate surface area is 100 Å². The molecule has 5 nitrogen and oxygen atoms in total. The molecule has 0 spiro atoms. The summed E-state index contributed by atoms with van der Waals surface area (Å²) in [6.45, 7) is 1.63. The molecule has 0 saturated carbocycles. The zero-order valence-electron chi connectivity index (χ0n) is 9.37. The Balaban J connectivity index is 2.24. The molecule has 0 fully saturated rings. The maximum absolute atomic E-state index is 5.92. The second-order valence-corrected chi connectivity index (χ2v) is 3.78. The molecule has 0 radical (unpaired) electrons. The van der Waals surface area contributed by atoms with Crippen LogP contribution in [0.4, 0.5) is 11.6 Å². The van der Waals surface area contributed by atoms with E-state index in [1.54, 1.807) is 7.11 Å². The van der Waals surface area contributed by atoms with Crippen molar-refractivity contribution in [3.63, 3.8) is 0 Å². The van der Waals surface area contributed by atoms with Crippen molar-refractivity contribution < 1.29 is 4.74 Å². The zero-order chi connectivity index (χ0) is 11.8. The largest absolute Gasteiger partial charge is 0.385 e. The highest BCUT2D eigenvalue weighted by Crippen LogP contribution is 2.22. The Morgan fingerprint density at radius 3 is 2.94 bits per heavy atom. The van der Waals surface area contributed by atoms with E-state index in [9.17, 15) is 0 Å². The number of hydrogen-bond donors (Lipinski definition) is 2. The summed E-state index contributed by atoms with van der Waals surface area (Å²) in [7, 11) is 1.71. The molecule has 0 amide bonds. The monoisotopic (exact) mass is 244 g/mol. The van der Waals surface area contributed by atoms with Crippen molar-refractivity contribution in [2.24, 2.45) is 0 Å². The molecule has 1 heterocycles. The summed E-state index contributed by atoms with van der Waals surface area (Å²) in [6, 6.07) is 0. The van der Waals surface area contributed by atoms with Crippen LogP contribution in [-0.4, -0.2) is 30.2 Å². The summed E-state index contributed by atoms with van der Waals surface area (Å²) in [5.41, 5.74) is 5.55. The maximum atomic E-state index is 5.92. The Hall–Kier alpha value is -1.07. The van der Waals surface area contributed by atoms with Crippen molar-refractivity contribution in [2.75, 3.05) is 31.3 Å². The molecule has 90 valence electrons. The number of anilines is 2. The Bertz CT molecular complexity index is 322. The minimum absolute atomic E-state index is 0.304. The van der Waals surface area contributed by atoms with Gasteiger partial charge in [0.05, 0.1) is 0 Å². The third-order valence-electron chi connectivity index (χ3n) is 2.13. The summed E-state index contributed by atoms with van der Waals surface area (Å²) in [6.07, 6.45) is 4.62. The molecule has 0 atom stereocenters. The SMILES string of the molecule is COCCCCCNc1ncnc(N)c1Cl. The first-order valence-electron chi connectivity index (χ1n) is 5.24. The number of rotatable bonds is 7. The van der Waals surface area contributed by atoms with E-state index in [1.165, 1.54) is 6.33 Å². The van der Waals surface area contributed by atoms with Crippen LogP contribution in [0.1, 0.15) is 19.3 Å². The van der Waals surface area contributed by atoms with Gasteiger partial charge in [-0.3, -0.25) is 0 Å². The number of nitrogens with two attached hydrogens (primary N) is 1. The lowest BCUT2D eigenvalue weighted by atomic mass is 10.2. The van der Waals surface area contributed by atoms with E-state index < -0.39 is 0 Å². The van der Waals surface area contributed by atoms with Gasteiger partial charge in [-0.1, -0.05) is 11.6 Å². The lowest BCUT2D eigenvalue weighted by molar-refractivity contribution is 0.192. The Kier molecular flexibility index (Phi) is 5.88. The van der Waals surface area contributed by atoms with E-state index in [0.29, 0.717) is 16.7 Å². The average Bonchev–Trinajstić information content (AvgIpc) is 2.29. The molecular formula is C10H17ClN4O. The first-order valence-corrected chi connectivity index (χ1v) is 5.62. The number of hydrogen-bond acceptors (Lipinski definition) is 5. The molecule has 0 aliphatic carbocycles. The average molecular weight is 245 g/mol. The van der Waals surface area contributed by atoms with E-state index >= 15 is 0 Å². The van der Waals surface area contributed by atoms with Crippen molar-refractivity contribution in [1.29, 1.82) is 0 Å². The van der Waals surface area contributed by atoms with Crippen LogP contribution >= 0.6 is 11.6 Å². The Morgan fingerprint density at radius 1 is 1.38 bits per heavy atom. The number of nitrogens with zero attached hydrogens (tertiary/aromatic N) is 2. The van der Waals surface area contributed by atoms with Crippen LogP contribution in [-0.2, 0) is 4.74 Å². The van der Waals surface area contributed by atoms with Crippen LogP contribution in [0.5, 0.6) is 0 Å². The van der Waals surface area contributed by atoms with E-state index in [2.05, 4.69) is 15.3 Å². The van der Waals surface area contributed by atoms with Gasteiger partial charge >= 0.3 is 0 Å². The first kappa shape index (κ1) is 13.0. The summed E-state index contributed by atoms with van der Waals surface area (Å²) in [5.74, 6) is 0.902. The predicted molar refractivity (Wildman–Crippen MR) is 65.7 cm³/mol. The molecule has 1 rings (SSSR count). The minimum Gasteiger partial charge on any atom is -0.385 e. The number of methoxy groups -OCH3 is 1. The molecule has 3 N–H and O–H groups in total. The van der Waals surface area contributed by atoms with E-state index in [4.69, 9.17) is 22.1 Å². The number of nitrogen functional groups attached to an aromatic ring is 1. The second-order valence-electron chi connectivity index (χ2n) is 3.40. The van der Waals surface area contributed by atoms with Crippen molar-refractivity contribution in [3.05, 3.63) is 11.3 Å².